The van der Waals surface area contributed by atoms with Crippen molar-refractivity contribution in [1.82, 2.24) is 15.0 Å². The molecule has 0 spiro atoms. The number of aromatic nitrogens is 2. The standard InChI is InChI=1S/C15H17FN4O4/c1-9-17-14(19-24-9)13-8-20(5-6-23-13)15(21)18-10-3-4-11(16)12(7-10)22-2/h3-4,7,13H,5-6,8H2,1-2H3,(H,18,21). The summed E-state index contributed by atoms with van der Waals surface area (Å²) in [7, 11) is 1.36. The Balaban J connectivity index is 1.66. The number of morpholine rings is 1. The number of halogens is 1. The molecule has 1 aromatic heterocycles. The van der Waals surface area contributed by atoms with Gasteiger partial charge >= 0.3 is 6.03 Å². The summed E-state index contributed by atoms with van der Waals surface area (Å²) < 4.78 is 28.8. The molecule has 0 saturated carbocycles. The van der Waals surface area contributed by atoms with E-state index in [1.807, 2.05) is 0 Å². The first-order chi connectivity index (χ1) is 11.6. The fourth-order valence-corrected chi connectivity index (χ4v) is 2.38. The number of amides is 2. The molecule has 1 saturated heterocycles. The lowest BCUT2D eigenvalue weighted by molar-refractivity contribution is -0.0190. The fourth-order valence-electron chi connectivity index (χ4n) is 2.38. The van der Waals surface area contributed by atoms with Crippen LogP contribution in [0.3, 0.4) is 0 Å². The minimum Gasteiger partial charge on any atom is -0.494 e. The van der Waals surface area contributed by atoms with Gasteiger partial charge < -0.3 is 24.2 Å². The first-order valence-corrected chi connectivity index (χ1v) is 7.38. The predicted octanol–water partition coefficient (Wildman–Crippen LogP) is 2.13. The quantitative estimate of drug-likeness (QED) is 0.923. The zero-order valence-corrected chi connectivity index (χ0v) is 13.3. The normalized spacial score (nSPS) is 17.6. The van der Waals surface area contributed by atoms with Gasteiger partial charge in [-0.25, -0.2) is 9.18 Å². The number of hydrogen-bond donors (Lipinski definition) is 1. The van der Waals surface area contributed by atoms with Crippen LogP contribution in [0.4, 0.5) is 14.9 Å². The molecule has 8 nitrogen and oxygen atoms in total. The lowest BCUT2D eigenvalue weighted by Gasteiger charge is -2.31. The Morgan fingerprint density at radius 1 is 1.50 bits per heavy atom. The Hall–Kier alpha value is -2.68. The third-order valence-corrected chi connectivity index (χ3v) is 3.59. The summed E-state index contributed by atoms with van der Waals surface area (Å²) in [6.45, 7) is 2.77. The molecule has 1 unspecified atom stereocenters. The van der Waals surface area contributed by atoms with E-state index < -0.39 is 11.9 Å². The lowest BCUT2D eigenvalue weighted by Crippen LogP contribution is -2.44. The highest BCUT2D eigenvalue weighted by atomic mass is 19.1. The molecule has 1 aliphatic heterocycles. The van der Waals surface area contributed by atoms with Crippen LogP contribution in [0.15, 0.2) is 22.7 Å². The highest BCUT2D eigenvalue weighted by Crippen LogP contribution is 2.23. The van der Waals surface area contributed by atoms with Crippen LogP contribution in [-0.4, -0.2) is 47.9 Å². The number of benzene rings is 1. The second-order valence-electron chi connectivity index (χ2n) is 5.26. The van der Waals surface area contributed by atoms with Gasteiger partial charge in [-0.05, 0) is 12.1 Å². The lowest BCUT2D eigenvalue weighted by atomic mass is 10.2. The van der Waals surface area contributed by atoms with Crippen molar-refractivity contribution in [1.29, 1.82) is 0 Å². The molecule has 1 atom stereocenters. The van der Waals surface area contributed by atoms with Gasteiger partial charge in [-0.1, -0.05) is 5.16 Å². The highest BCUT2D eigenvalue weighted by Gasteiger charge is 2.28. The Morgan fingerprint density at radius 2 is 2.33 bits per heavy atom. The highest BCUT2D eigenvalue weighted by molar-refractivity contribution is 5.89. The van der Waals surface area contributed by atoms with Crippen LogP contribution < -0.4 is 10.1 Å². The van der Waals surface area contributed by atoms with E-state index in [0.29, 0.717) is 37.1 Å². The van der Waals surface area contributed by atoms with Crippen molar-refractivity contribution in [2.75, 3.05) is 32.1 Å². The molecule has 128 valence electrons. The van der Waals surface area contributed by atoms with E-state index >= 15 is 0 Å². The maximum absolute atomic E-state index is 13.4. The van der Waals surface area contributed by atoms with Crippen LogP contribution in [-0.2, 0) is 4.74 Å². The van der Waals surface area contributed by atoms with Crippen molar-refractivity contribution in [2.24, 2.45) is 0 Å². The number of aryl methyl sites for hydroxylation is 1. The van der Waals surface area contributed by atoms with E-state index in [2.05, 4.69) is 15.5 Å². The topological polar surface area (TPSA) is 89.7 Å². The molecule has 1 aliphatic rings. The molecule has 3 rings (SSSR count). The van der Waals surface area contributed by atoms with Crippen LogP contribution in [0, 0.1) is 12.7 Å². The number of urea groups is 1. The minimum absolute atomic E-state index is 0.0647. The number of rotatable bonds is 3. The number of nitrogens with one attached hydrogen (secondary N) is 1. The van der Waals surface area contributed by atoms with Crippen molar-refractivity contribution in [2.45, 2.75) is 13.0 Å². The Morgan fingerprint density at radius 3 is 3.04 bits per heavy atom. The summed E-state index contributed by atoms with van der Waals surface area (Å²) in [6.07, 6.45) is -0.440. The number of methoxy groups -OCH3 is 1. The van der Waals surface area contributed by atoms with Crippen molar-refractivity contribution in [3.8, 4) is 5.75 Å². The summed E-state index contributed by atoms with van der Waals surface area (Å²) in [5.74, 6) is 0.423. The van der Waals surface area contributed by atoms with Crippen molar-refractivity contribution in [3.05, 3.63) is 35.7 Å². The average Bonchev–Trinajstić information content (AvgIpc) is 3.03. The van der Waals surface area contributed by atoms with Gasteiger partial charge in [0.1, 0.15) is 6.10 Å². The van der Waals surface area contributed by atoms with Gasteiger partial charge in [0.2, 0.25) is 11.7 Å². The maximum Gasteiger partial charge on any atom is 0.322 e. The summed E-state index contributed by atoms with van der Waals surface area (Å²) in [4.78, 5) is 18.1. The van der Waals surface area contributed by atoms with E-state index in [4.69, 9.17) is 14.0 Å². The van der Waals surface area contributed by atoms with Gasteiger partial charge in [0.25, 0.3) is 0 Å². The third-order valence-electron chi connectivity index (χ3n) is 3.59. The minimum atomic E-state index is -0.491. The Bertz CT molecular complexity index is 736. The van der Waals surface area contributed by atoms with E-state index in [1.165, 1.54) is 25.3 Å². The van der Waals surface area contributed by atoms with E-state index in [9.17, 15) is 9.18 Å². The molecule has 2 heterocycles. The van der Waals surface area contributed by atoms with Gasteiger partial charge in [0.15, 0.2) is 11.6 Å². The monoisotopic (exact) mass is 336 g/mol. The summed E-state index contributed by atoms with van der Waals surface area (Å²) in [5.41, 5.74) is 0.441. The number of hydrogen-bond acceptors (Lipinski definition) is 6. The largest absolute Gasteiger partial charge is 0.494 e. The smallest absolute Gasteiger partial charge is 0.322 e. The second-order valence-corrected chi connectivity index (χ2v) is 5.26. The molecular formula is C15H17FN4O4. The van der Waals surface area contributed by atoms with E-state index in [0.717, 1.165) is 0 Å². The molecule has 0 aliphatic carbocycles. The zero-order valence-electron chi connectivity index (χ0n) is 13.3. The molecule has 0 radical (unpaired) electrons. The van der Waals surface area contributed by atoms with Crippen LogP contribution in [0.1, 0.15) is 17.8 Å². The van der Waals surface area contributed by atoms with E-state index in [-0.39, 0.29) is 11.8 Å². The Labute approximate surface area is 137 Å². The average molecular weight is 336 g/mol. The third kappa shape index (κ3) is 3.46. The fraction of sp³-hybridized carbons (Fsp3) is 0.400. The first kappa shape index (κ1) is 16.2. The second kappa shape index (κ2) is 6.83. The molecule has 1 N–H and O–H groups in total. The van der Waals surface area contributed by atoms with Crippen LogP contribution in [0.5, 0.6) is 5.75 Å². The number of anilines is 1. The van der Waals surface area contributed by atoms with Gasteiger partial charge in [0.05, 0.1) is 20.3 Å². The predicted molar refractivity (Wildman–Crippen MR) is 81.3 cm³/mol. The van der Waals surface area contributed by atoms with Gasteiger partial charge in [-0.2, -0.15) is 4.98 Å². The van der Waals surface area contributed by atoms with Gasteiger partial charge in [-0.3, -0.25) is 0 Å². The maximum atomic E-state index is 13.4. The summed E-state index contributed by atoms with van der Waals surface area (Å²) in [5, 5.41) is 6.53. The number of ether oxygens (including phenoxy) is 2. The number of carbonyl (C=O) groups excluding carboxylic acids is 1. The van der Waals surface area contributed by atoms with E-state index in [1.54, 1.807) is 11.8 Å². The number of nitrogens with zero attached hydrogens (tertiary/aromatic N) is 3. The molecule has 2 aromatic rings. The van der Waals surface area contributed by atoms with Gasteiger partial charge in [-0.15, -0.1) is 0 Å². The zero-order chi connectivity index (χ0) is 17.1. The van der Waals surface area contributed by atoms with Crippen molar-refractivity contribution >= 4 is 11.7 Å². The molecule has 1 fully saturated rings. The van der Waals surface area contributed by atoms with Crippen LogP contribution in [0.2, 0.25) is 0 Å². The van der Waals surface area contributed by atoms with Crippen molar-refractivity contribution in [3.63, 3.8) is 0 Å². The molecule has 1 aromatic carbocycles. The Kier molecular flexibility index (Phi) is 4.61. The molecular weight excluding hydrogens is 319 g/mol. The summed E-state index contributed by atoms with van der Waals surface area (Å²) in [6, 6.07) is 3.81. The molecule has 24 heavy (non-hydrogen) atoms. The molecule has 0 bridgehead atoms. The SMILES string of the molecule is COc1cc(NC(=O)N2CCOC(c3noc(C)n3)C2)ccc1F. The number of carbonyl (C=O) groups is 1. The van der Waals surface area contributed by atoms with Gasteiger partial charge in [0, 0.05) is 25.2 Å². The van der Waals surface area contributed by atoms with Crippen LogP contribution in [0.25, 0.3) is 0 Å². The molecule has 9 heteroatoms. The van der Waals surface area contributed by atoms with Crippen LogP contribution >= 0.6 is 0 Å². The first-order valence-electron chi connectivity index (χ1n) is 7.38. The summed E-state index contributed by atoms with van der Waals surface area (Å²) >= 11 is 0. The molecule has 2 amide bonds. The van der Waals surface area contributed by atoms with Crippen molar-refractivity contribution < 1.29 is 23.2 Å².